The van der Waals surface area contributed by atoms with Gasteiger partial charge in [-0.2, -0.15) is 4.31 Å². The van der Waals surface area contributed by atoms with E-state index in [1.165, 1.54) is 41.8 Å². The molecule has 0 aliphatic carbocycles. The second-order valence-corrected chi connectivity index (χ2v) is 8.21. The number of benzene rings is 1. The van der Waals surface area contributed by atoms with Crippen molar-refractivity contribution in [1.82, 2.24) is 9.62 Å². The van der Waals surface area contributed by atoms with Crippen LogP contribution in [0.2, 0.25) is 5.02 Å². The summed E-state index contributed by atoms with van der Waals surface area (Å²) in [5.74, 6) is -0.972. The van der Waals surface area contributed by atoms with Crippen LogP contribution >= 0.6 is 11.6 Å². The minimum Gasteiger partial charge on any atom is -0.459 e. The van der Waals surface area contributed by atoms with Gasteiger partial charge in [0.25, 0.3) is 5.91 Å². The molecular formula is C18H22ClN3O5S. The first-order chi connectivity index (χ1) is 13.2. The fourth-order valence-electron chi connectivity index (χ4n) is 2.47. The summed E-state index contributed by atoms with van der Waals surface area (Å²) in [4.78, 5) is 24.2. The Labute approximate surface area is 168 Å². The van der Waals surface area contributed by atoms with Crippen LogP contribution in [-0.2, 0) is 14.8 Å². The van der Waals surface area contributed by atoms with Crippen molar-refractivity contribution in [2.75, 3.05) is 18.4 Å². The van der Waals surface area contributed by atoms with Gasteiger partial charge in [0.15, 0.2) is 5.76 Å². The Bertz CT molecular complexity index is 940. The lowest BCUT2D eigenvalue weighted by Gasteiger charge is -2.20. The van der Waals surface area contributed by atoms with Crippen molar-refractivity contribution in [3.63, 3.8) is 0 Å². The van der Waals surface area contributed by atoms with Crippen molar-refractivity contribution >= 4 is 39.1 Å². The number of hydrogen-bond acceptors (Lipinski definition) is 5. The molecule has 0 aliphatic rings. The third-order valence-electron chi connectivity index (χ3n) is 4.01. The number of rotatable bonds is 8. The van der Waals surface area contributed by atoms with E-state index in [1.54, 1.807) is 19.9 Å². The smallest absolute Gasteiger partial charge is 0.287 e. The van der Waals surface area contributed by atoms with Gasteiger partial charge in [0.2, 0.25) is 15.9 Å². The maximum Gasteiger partial charge on any atom is 0.287 e. The SMILES string of the molecule is CCN(CC)S(=O)(=O)c1cc(NC(=O)[C@H](C)NC(=O)c2ccco2)ccc1Cl. The number of nitrogens with one attached hydrogen (secondary N) is 2. The van der Waals surface area contributed by atoms with E-state index in [-0.39, 0.29) is 21.4 Å². The maximum absolute atomic E-state index is 12.7. The number of anilines is 1. The molecule has 2 rings (SSSR count). The summed E-state index contributed by atoms with van der Waals surface area (Å²) in [5.41, 5.74) is 0.249. The van der Waals surface area contributed by atoms with Crippen LogP contribution in [-0.4, -0.2) is 43.7 Å². The van der Waals surface area contributed by atoms with E-state index in [4.69, 9.17) is 16.0 Å². The summed E-state index contributed by atoms with van der Waals surface area (Å²) in [6.07, 6.45) is 1.35. The summed E-state index contributed by atoms with van der Waals surface area (Å²) in [7, 11) is -3.79. The molecule has 1 heterocycles. The number of sulfonamides is 1. The predicted octanol–water partition coefficient (Wildman–Crippen LogP) is 2.72. The van der Waals surface area contributed by atoms with Crippen LogP contribution in [0.15, 0.2) is 45.9 Å². The molecule has 0 aliphatic heterocycles. The average molecular weight is 428 g/mol. The lowest BCUT2D eigenvalue weighted by atomic mass is 10.2. The van der Waals surface area contributed by atoms with Gasteiger partial charge >= 0.3 is 0 Å². The predicted molar refractivity (Wildman–Crippen MR) is 106 cm³/mol. The Morgan fingerprint density at radius 2 is 1.89 bits per heavy atom. The molecule has 1 aromatic carbocycles. The second kappa shape index (κ2) is 9.22. The highest BCUT2D eigenvalue weighted by atomic mass is 35.5. The largest absolute Gasteiger partial charge is 0.459 e. The van der Waals surface area contributed by atoms with Gasteiger partial charge in [-0.3, -0.25) is 9.59 Å². The molecule has 0 radical (unpaired) electrons. The lowest BCUT2D eigenvalue weighted by molar-refractivity contribution is -0.117. The molecule has 2 aromatic rings. The third-order valence-corrected chi connectivity index (χ3v) is 6.54. The zero-order valence-corrected chi connectivity index (χ0v) is 17.3. The third kappa shape index (κ3) is 4.92. The van der Waals surface area contributed by atoms with Crippen molar-refractivity contribution in [1.29, 1.82) is 0 Å². The summed E-state index contributed by atoms with van der Waals surface area (Å²) in [5, 5.41) is 5.14. The molecule has 1 atom stereocenters. The van der Waals surface area contributed by atoms with Crippen LogP contribution in [0.3, 0.4) is 0 Å². The molecule has 8 nitrogen and oxygen atoms in total. The molecule has 0 spiro atoms. The zero-order valence-electron chi connectivity index (χ0n) is 15.7. The van der Waals surface area contributed by atoms with Crippen LogP contribution in [0.25, 0.3) is 0 Å². The quantitative estimate of drug-likeness (QED) is 0.673. The van der Waals surface area contributed by atoms with Crippen molar-refractivity contribution in [2.24, 2.45) is 0 Å². The molecule has 28 heavy (non-hydrogen) atoms. The standard InChI is InChI=1S/C18H22ClN3O5S/c1-4-22(5-2)28(25,26)16-11-13(8-9-14(16)19)21-17(23)12(3)20-18(24)15-7-6-10-27-15/h6-12H,4-5H2,1-3H3,(H,20,24)(H,21,23)/t12-/m0/s1. The molecule has 0 fully saturated rings. The number of amides is 2. The zero-order chi connectivity index (χ0) is 20.9. The molecule has 0 unspecified atom stereocenters. The number of furan rings is 1. The number of carbonyl (C=O) groups excluding carboxylic acids is 2. The molecule has 1 aromatic heterocycles. The molecule has 0 saturated carbocycles. The van der Waals surface area contributed by atoms with Crippen LogP contribution in [0, 0.1) is 0 Å². The molecular weight excluding hydrogens is 406 g/mol. The van der Waals surface area contributed by atoms with E-state index in [0.717, 1.165) is 0 Å². The molecule has 2 N–H and O–H groups in total. The van der Waals surface area contributed by atoms with Crippen molar-refractivity contribution in [2.45, 2.75) is 31.7 Å². The second-order valence-electron chi connectivity index (χ2n) is 5.90. The van der Waals surface area contributed by atoms with Gasteiger partial charge in [0.05, 0.1) is 11.3 Å². The molecule has 152 valence electrons. The highest BCUT2D eigenvalue weighted by molar-refractivity contribution is 7.89. The Morgan fingerprint density at radius 1 is 1.21 bits per heavy atom. The van der Waals surface area contributed by atoms with Crippen LogP contribution in [0.1, 0.15) is 31.3 Å². The van der Waals surface area contributed by atoms with E-state index in [1.807, 2.05) is 0 Å². The van der Waals surface area contributed by atoms with E-state index in [9.17, 15) is 18.0 Å². The minimum atomic E-state index is -3.79. The number of nitrogens with zero attached hydrogens (tertiary/aromatic N) is 1. The average Bonchev–Trinajstić information content (AvgIpc) is 3.18. The van der Waals surface area contributed by atoms with Gasteiger partial charge in [-0.1, -0.05) is 25.4 Å². The lowest BCUT2D eigenvalue weighted by Crippen LogP contribution is -2.41. The van der Waals surface area contributed by atoms with Crippen LogP contribution in [0.5, 0.6) is 0 Å². The van der Waals surface area contributed by atoms with Gasteiger partial charge < -0.3 is 15.1 Å². The van der Waals surface area contributed by atoms with Crippen molar-refractivity contribution in [3.8, 4) is 0 Å². The first kappa shape index (κ1) is 21.9. The van der Waals surface area contributed by atoms with Gasteiger partial charge in [-0.15, -0.1) is 0 Å². The fraction of sp³-hybridized carbons (Fsp3) is 0.333. The number of halogens is 1. The molecule has 2 amide bonds. The van der Waals surface area contributed by atoms with Gasteiger partial charge in [-0.05, 0) is 37.3 Å². The van der Waals surface area contributed by atoms with Gasteiger partial charge in [0, 0.05) is 18.8 Å². The first-order valence-electron chi connectivity index (χ1n) is 8.65. The highest BCUT2D eigenvalue weighted by Gasteiger charge is 2.25. The number of carbonyl (C=O) groups is 2. The Hall–Kier alpha value is -2.36. The monoisotopic (exact) mass is 427 g/mol. The maximum atomic E-state index is 12.7. The van der Waals surface area contributed by atoms with Crippen LogP contribution < -0.4 is 10.6 Å². The summed E-state index contributed by atoms with van der Waals surface area (Å²) in [6, 6.07) is 6.35. The van der Waals surface area contributed by atoms with Crippen molar-refractivity contribution in [3.05, 3.63) is 47.4 Å². The minimum absolute atomic E-state index is 0.0593. The Balaban J connectivity index is 2.16. The van der Waals surface area contributed by atoms with E-state index >= 15 is 0 Å². The van der Waals surface area contributed by atoms with E-state index in [2.05, 4.69) is 10.6 Å². The summed E-state index contributed by atoms with van der Waals surface area (Å²) < 4.78 is 31.7. The van der Waals surface area contributed by atoms with Gasteiger partial charge in [-0.25, -0.2) is 8.42 Å². The number of hydrogen-bond donors (Lipinski definition) is 2. The topological polar surface area (TPSA) is 109 Å². The van der Waals surface area contributed by atoms with E-state index in [0.29, 0.717) is 13.1 Å². The normalized spacial score (nSPS) is 12.6. The molecule has 0 bridgehead atoms. The van der Waals surface area contributed by atoms with Crippen molar-refractivity contribution < 1.29 is 22.4 Å². The summed E-state index contributed by atoms with van der Waals surface area (Å²) in [6.45, 7) is 5.54. The Kier molecular flexibility index (Phi) is 7.22. The summed E-state index contributed by atoms with van der Waals surface area (Å²) >= 11 is 6.08. The first-order valence-corrected chi connectivity index (χ1v) is 10.5. The fourth-order valence-corrected chi connectivity index (χ4v) is 4.43. The molecule has 0 saturated heterocycles. The van der Waals surface area contributed by atoms with Gasteiger partial charge in [0.1, 0.15) is 10.9 Å². The van der Waals surface area contributed by atoms with Crippen LogP contribution in [0.4, 0.5) is 5.69 Å². The highest BCUT2D eigenvalue weighted by Crippen LogP contribution is 2.27. The Morgan fingerprint density at radius 3 is 2.46 bits per heavy atom. The molecule has 10 heteroatoms. The van der Waals surface area contributed by atoms with E-state index < -0.39 is 27.9 Å².